The summed E-state index contributed by atoms with van der Waals surface area (Å²) in [5.41, 5.74) is -0.341. The number of aromatic nitrogens is 1. The van der Waals surface area contributed by atoms with Crippen LogP contribution in [0.5, 0.6) is 0 Å². The number of alkyl halides is 3. The van der Waals surface area contributed by atoms with Crippen LogP contribution in [0.3, 0.4) is 0 Å². The van der Waals surface area contributed by atoms with Gasteiger partial charge >= 0.3 is 6.18 Å². The van der Waals surface area contributed by atoms with Gasteiger partial charge in [0.05, 0.1) is 18.2 Å². The van der Waals surface area contributed by atoms with Crippen LogP contribution in [-0.2, 0) is 19.3 Å². The fourth-order valence-electron chi connectivity index (χ4n) is 1.86. The first-order valence-corrected chi connectivity index (χ1v) is 7.86. The minimum atomic E-state index is -4.47. The molecule has 0 spiro atoms. The molecule has 0 aliphatic carbocycles. The van der Waals surface area contributed by atoms with Crippen LogP contribution in [0.2, 0.25) is 0 Å². The van der Waals surface area contributed by atoms with Crippen LogP contribution < -0.4 is 10.6 Å². The van der Waals surface area contributed by atoms with Crippen molar-refractivity contribution >= 4 is 17.3 Å². The highest BCUT2D eigenvalue weighted by molar-refractivity contribution is 7.09. The molecule has 5 nitrogen and oxygen atoms in total. The number of guanidine groups is 1. The monoisotopic (exact) mass is 371 g/mol. The Morgan fingerprint density at radius 2 is 2.04 bits per heavy atom. The molecule has 1 aromatic heterocycles. The number of nitrogens with one attached hydrogen (secondary N) is 2. The molecular formula is C15H13F4N5S. The van der Waals surface area contributed by atoms with Crippen molar-refractivity contribution in [3.63, 3.8) is 0 Å². The number of hydrogen-bond donors (Lipinski definition) is 2. The highest BCUT2D eigenvalue weighted by Crippen LogP contribution is 2.29. The summed E-state index contributed by atoms with van der Waals surface area (Å²) in [6, 6.07) is 5.89. The Hall–Kier alpha value is -2.67. The van der Waals surface area contributed by atoms with Gasteiger partial charge in [-0.2, -0.15) is 18.4 Å². The lowest BCUT2D eigenvalue weighted by atomic mass is 10.1. The molecule has 25 heavy (non-hydrogen) atoms. The largest absolute Gasteiger partial charge is 0.434 e. The van der Waals surface area contributed by atoms with Crippen molar-refractivity contribution < 1.29 is 17.6 Å². The molecule has 0 aliphatic rings. The van der Waals surface area contributed by atoms with E-state index in [0.717, 1.165) is 16.7 Å². The third-order valence-electron chi connectivity index (χ3n) is 3.09. The molecule has 132 valence electrons. The van der Waals surface area contributed by atoms with Crippen LogP contribution in [0.15, 0.2) is 28.6 Å². The lowest BCUT2D eigenvalue weighted by molar-refractivity contribution is -0.140. The average Bonchev–Trinajstić information content (AvgIpc) is 3.05. The number of rotatable bonds is 4. The normalized spacial score (nSPS) is 11.9. The van der Waals surface area contributed by atoms with Crippen LogP contribution in [0.4, 0.5) is 17.6 Å². The second kappa shape index (κ2) is 7.94. The van der Waals surface area contributed by atoms with E-state index in [0.29, 0.717) is 5.56 Å². The van der Waals surface area contributed by atoms with Crippen molar-refractivity contribution in [2.45, 2.75) is 19.3 Å². The van der Waals surface area contributed by atoms with Gasteiger partial charge in [0.25, 0.3) is 0 Å². The van der Waals surface area contributed by atoms with Gasteiger partial charge in [-0.05, 0) is 18.2 Å². The van der Waals surface area contributed by atoms with E-state index >= 15 is 0 Å². The summed E-state index contributed by atoms with van der Waals surface area (Å²) in [6.07, 6.45) is -4.47. The van der Waals surface area contributed by atoms with Gasteiger partial charge in [-0.15, -0.1) is 11.3 Å². The number of benzene rings is 1. The van der Waals surface area contributed by atoms with Crippen LogP contribution in [0, 0.1) is 17.1 Å². The topological polar surface area (TPSA) is 73.1 Å². The van der Waals surface area contributed by atoms with Crippen molar-refractivity contribution in [3.8, 4) is 6.07 Å². The van der Waals surface area contributed by atoms with Crippen molar-refractivity contribution in [2.24, 2.45) is 4.99 Å². The maximum Gasteiger partial charge on any atom is 0.434 e. The Morgan fingerprint density at radius 3 is 2.64 bits per heavy atom. The number of nitrogens with zero attached hydrogens (tertiary/aromatic N) is 3. The van der Waals surface area contributed by atoms with Gasteiger partial charge in [0.15, 0.2) is 11.7 Å². The summed E-state index contributed by atoms with van der Waals surface area (Å²) < 4.78 is 51.2. The highest BCUT2D eigenvalue weighted by atomic mass is 32.1. The Morgan fingerprint density at radius 1 is 1.32 bits per heavy atom. The van der Waals surface area contributed by atoms with Gasteiger partial charge in [-0.25, -0.2) is 9.37 Å². The van der Waals surface area contributed by atoms with E-state index < -0.39 is 17.7 Å². The molecule has 0 aliphatic heterocycles. The molecule has 0 radical (unpaired) electrons. The first kappa shape index (κ1) is 18.7. The summed E-state index contributed by atoms with van der Waals surface area (Å²) in [5.74, 6) is -0.206. The van der Waals surface area contributed by atoms with Crippen LogP contribution in [0.25, 0.3) is 0 Å². The SMILES string of the molecule is CN=C(NCc1nc(C(F)(F)F)cs1)NCc1cc(C#N)ccc1F. The zero-order valence-electron chi connectivity index (χ0n) is 13.0. The second-order valence-corrected chi connectivity index (χ2v) is 5.76. The van der Waals surface area contributed by atoms with E-state index in [4.69, 9.17) is 5.26 Å². The van der Waals surface area contributed by atoms with E-state index in [9.17, 15) is 17.6 Å². The lowest BCUT2D eigenvalue weighted by Crippen LogP contribution is -2.36. The van der Waals surface area contributed by atoms with Crippen molar-refractivity contribution in [1.82, 2.24) is 15.6 Å². The van der Waals surface area contributed by atoms with E-state index in [1.165, 1.54) is 25.2 Å². The van der Waals surface area contributed by atoms with Gasteiger partial charge < -0.3 is 10.6 Å². The maximum absolute atomic E-state index is 13.7. The molecule has 0 amide bonds. The molecule has 2 N–H and O–H groups in total. The summed E-state index contributed by atoms with van der Waals surface area (Å²) in [6.45, 7) is 0.105. The molecular weight excluding hydrogens is 358 g/mol. The van der Waals surface area contributed by atoms with E-state index in [1.54, 1.807) is 0 Å². The smallest absolute Gasteiger partial charge is 0.352 e. The number of aliphatic imine (C=N–C) groups is 1. The molecule has 0 saturated heterocycles. The number of thiazole rings is 1. The minimum Gasteiger partial charge on any atom is -0.352 e. The van der Waals surface area contributed by atoms with Crippen molar-refractivity contribution in [3.05, 3.63) is 51.2 Å². The van der Waals surface area contributed by atoms with E-state index in [1.807, 2.05) is 6.07 Å². The zero-order valence-corrected chi connectivity index (χ0v) is 13.8. The quantitative estimate of drug-likeness (QED) is 0.492. The maximum atomic E-state index is 13.7. The summed E-state index contributed by atoms with van der Waals surface area (Å²) in [7, 11) is 1.47. The first-order valence-electron chi connectivity index (χ1n) is 6.98. The standard InChI is InChI=1S/C15H13F4N5S/c1-21-14(22-6-10-4-9(5-20)2-3-11(10)16)23-7-13-24-12(8-25-13)15(17,18)19/h2-4,8H,6-7H2,1H3,(H2,21,22,23). The molecule has 0 fully saturated rings. The molecule has 1 aromatic carbocycles. The number of hydrogen-bond acceptors (Lipinski definition) is 4. The Kier molecular flexibility index (Phi) is 5.93. The van der Waals surface area contributed by atoms with Crippen molar-refractivity contribution in [2.75, 3.05) is 7.05 Å². The summed E-state index contributed by atoms with van der Waals surface area (Å²) >= 11 is 0.878. The van der Waals surface area contributed by atoms with Gasteiger partial charge in [0.2, 0.25) is 0 Å². The third kappa shape index (κ3) is 5.15. The van der Waals surface area contributed by atoms with Gasteiger partial charge in [-0.1, -0.05) is 0 Å². The van der Waals surface area contributed by atoms with Crippen LogP contribution in [-0.4, -0.2) is 18.0 Å². The zero-order chi connectivity index (χ0) is 18.4. The minimum absolute atomic E-state index is 0.0428. The van der Waals surface area contributed by atoms with E-state index in [-0.39, 0.29) is 29.6 Å². The average molecular weight is 371 g/mol. The predicted molar refractivity (Wildman–Crippen MR) is 85.3 cm³/mol. The lowest BCUT2D eigenvalue weighted by Gasteiger charge is -2.11. The fourth-order valence-corrected chi connectivity index (χ4v) is 2.60. The molecule has 0 bridgehead atoms. The Labute approximate surface area is 145 Å². The fraction of sp³-hybridized carbons (Fsp3) is 0.267. The first-order chi connectivity index (χ1) is 11.8. The van der Waals surface area contributed by atoms with Gasteiger partial charge in [0.1, 0.15) is 10.8 Å². The highest BCUT2D eigenvalue weighted by Gasteiger charge is 2.33. The summed E-state index contributed by atoms with van der Waals surface area (Å²) in [5, 5.41) is 15.6. The molecule has 0 atom stereocenters. The summed E-state index contributed by atoms with van der Waals surface area (Å²) in [4.78, 5) is 7.40. The molecule has 0 unspecified atom stereocenters. The molecule has 2 aromatic rings. The molecule has 2 rings (SSSR count). The van der Waals surface area contributed by atoms with Crippen molar-refractivity contribution in [1.29, 1.82) is 5.26 Å². The number of nitriles is 1. The van der Waals surface area contributed by atoms with Crippen LogP contribution in [0.1, 0.15) is 21.8 Å². The van der Waals surface area contributed by atoms with Gasteiger partial charge in [0, 0.05) is 24.5 Å². The molecule has 0 saturated carbocycles. The Bertz CT molecular complexity index is 807. The van der Waals surface area contributed by atoms with E-state index in [2.05, 4.69) is 20.6 Å². The Balaban J connectivity index is 1.93. The predicted octanol–water partition coefficient (Wildman–Crippen LogP) is 3.04. The third-order valence-corrected chi connectivity index (χ3v) is 3.94. The molecule has 1 heterocycles. The van der Waals surface area contributed by atoms with Gasteiger partial charge in [-0.3, -0.25) is 4.99 Å². The molecule has 10 heteroatoms. The number of halogens is 4. The second-order valence-electron chi connectivity index (χ2n) is 4.82. The van der Waals surface area contributed by atoms with Crippen LogP contribution >= 0.6 is 11.3 Å².